The van der Waals surface area contributed by atoms with Crippen LogP contribution in [-0.4, -0.2) is 40.8 Å². The SMILES string of the molecule is CCN(C(=O)c1nc[nH]c1C(N)=O)c1ccc(NC(=O)c2ccc(OC(F)F)cc2F)cc1. The van der Waals surface area contributed by atoms with Gasteiger partial charge in [0.25, 0.3) is 17.7 Å². The van der Waals surface area contributed by atoms with Crippen molar-refractivity contribution < 1.29 is 32.3 Å². The number of halogens is 3. The smallest absolute Gasteiger partial charge is 0.387 e. The fourth-order valence-electron chi connectivity index (χ4n) is 2.99. The van der Waals surface area contributed by atoms with Gasteiger partial charge in [-0.3, -0.25) is 14.4 Å². The van der Waals surface area contributed by atoms with Crippen LogP contribution in [-0.2, 0) is 0 Å². The first-order valence-electron chi connectivity index (χ1n) is 9.52. The lowest BCUT2D eigenvalue weighted by atomic mass is 10.1. The summed E-state index contributed by atoms with van der Waals surface area (Å²) in [5.74, 6) is -3.64. The van der Waals surface area contributed by atoms with Crippen LogP contribution in [0.15, 0.2) is 48.8 Å². The average molecular weight is 461 g/mol. The highest BCUT2D eigenvalue weighted by Crippen LogP contribution is 2.23. The van der Waals surface area contributed by atoms with E-state index in [1.54, 1.807) is 6.92 Å². The van der Waals surface area contributed by atoms with Gasteiger partial charge in [-0.2, -0.15) is 8.78 Å². The third kappa shape index (κ3) is 5.29. The van der Waals surface area contributed by atoms with E-state index >= 15 is 0 Å². The summed E-state index contributed by atoms with van der Waals surface area (Å²) in [5.41, 5.74) is 5.36. The third-order valence-electron chi connectivity index (χ3n) is 4.50. The van der Waals surface area contributed by atoms with Gasteiger partial charge in [-0.1, -0.05) is 0 Å². The average Bonchev–Trinajstić information content (AvgIpc) is 3.25. The summed E-state index contributed by atoms with van der Waals surface area (Å²) in [6.07, 6.45) is 1.19. The molecule has 0 saturated heterocycles. The molecule has 172 valence electrons. The van der Waals surface area contributed by atoms with E-state index in [0.29, 0.717) is 11.8 Å². The molecule has 0 spiro atoms. The molecular weight excluding hydrogens is 443 g/mol. The number of primary amides is 1. The zero-order valence-electron chi connectivity index (χ0n) is 17.1. The second kappa shape index (κ2) is 9.85. The summed E-state index contributed by atoms with van der Waals surface area (Å²) in [6.45, 7) is -1.16. The summed E-state index contributed by atoms with van der Waals surface area (Å²) >= 11 is 0. The van der Waals surface area contributed by atoms with Crippen molar-refractivity contribution in [1.82, 2.24) is 9.97 Å². The minimum absolute atomic E-state index is 0.116. The highest BCUT2D eigenvalue weighted by molar-refractivity contribution is 6.11. The molecule has 0 aliphatic heterocycles. The number of amides is 3. The number of nitrogens with two attached hydrogens (primary N) is 1. The molecule has 1 heterocycles. The van der Waals surface area contributed by atoms with Gasteiger partial charge in [0.1, 0.15) is 17.3 Å². The largest absolute Gasteiger partial charge is 0.435 e. The van der Waals surface area contributed by atoms with E-state index in [-0.39, 0.29) is 29.2 Å². The lowest BCUT2D eigenvalue weighted by Gasteiger charge is -2.20. The molecule has 0 unspecified atom stereocenters. The summed E-state index contributed by atoms with van der Waals surface area (Å²) < 4.78 is 42.7. The van der Waals surface area contributed by atoms with Crippen LogP contribution in [0.5, 0.6) is 5.75 Å². The Morgan fingerprint density at radius 3 is 2.45 bits per heavy atom. The van der Waals surface area contributed by atoms with Crippen molar-refractivity contribution in [2.75, 3.05) is 16.8 Å². The summed E-state index contributed by atoms with van der Waals surface area (Å²) in [4.78, 5) is 44.3. The normalized spacial score (nSPS) is 10.7. The maximum atomic E-state index is 14.1. The number of benzene rings is 2. The molecule has 0 saturated carbocycles. The van der Waals surface area contributed by atoms with Crippen molar-refractivity contribution >= 4 is 29.1 Å². The first-order chi connectivity index (χ1) is 15.7. The number of carbonyl (C=O) groups is 3. The van der Waals surface area contributed by atoms with Gasteiger partial charge in [-0.25, -0.2) is 9.37 Å². The highest BCUT2D eigenvalue weighted by atomic mass is 19.3. The molecule has 33 heavy (non-hydrogen) atoms. The van der Waals surface area contributed by atoms with E-state index < -0.39 is 35.9 Å². The van der Waals surface area contributed by atoms with Crippen molar-refractivity contribution in [3.8, 4) is 5.75 Å². The Labute approximate surface area is 185 Å². The predicted octanol–water partition coefficient (Wildman–Crippen LogP) is 3.17. The molecule has 1 aromatic heterocycles. The van der Waals surface area contributed by atoms with E-state index in [9.17, 15) is 27.6 Å². The summed E-state index contributed by atoms with van der Waals surface area (Å²) in [6, 6.07) is 8.78. The highest BCUT2D eigenvalue weighted by Gasteiger charge is 2.24. The Hall–Kier alpha value is -4.35. The van der Waals surface area contributed by atoms with Gasteiger partial charge in [-0.05, 0) is 43.3 Å². The van der Waals surface area contributed by atoms with E-state index in [0.717, 1.165) is 12.1 Å². The lowest BCUT2D eigenvalue weighted by molar-refractivity contribution is -0.0500. The summed E-state index contributed by atoms with van der Waals surface area (Å²) in [7, 11) is 0. The molecule has 0 aliphatic rings. The Morgan fingerprint density at radius 1 is 1.18 bits per heavy atom. The Bertz CT molecular complexity index is 1180. The number of H-pyrrole nitrogens is 1. The van der Waals surface area contributed by atoms with Gasteiger partial charge in [0, 0.05) is 24.0 Å². The van der Waals surface area contributed by atoms with Gasteiger partial charge in [-0.15, -0.1) is 0 Å². The number of aromatic amines is 1. The Kier molecular flexibility index (Phi) is 6.96. The fourth-order valence-corrected chi connectivity index (χ4v) is 2.99. The third-order valence-corrected chi connectivity index (χ3v) is 4.50. The van der Waals surface area contributed by atoms with E-state index in [4.69, 9.17) is 5.73 Å². The molecule has 3 aromatic rings. The van der Waals surface area contributed by atoms with Crippen LogP contribution in [0.1, 0.15) is 38.3 Å². The van der Waals surface area contributed by atoms with Crippen LogP contribution in [0.2, 0.25) is 0 Å². The number of nitrogens with one attached hydrogen (secondary N) is 2. The molecule has 0 aliphatic carbocycles. The quantitative estimate of drug-likeness (QED) is 0.474. The van der Waals surface area contributed by atoms with Crippen molar-refractivity contribution in [1.29, 1.82) is 0 Å². The molecule has 0 fully saturated rings. The first-order valence-corrected chi connectivity index (χ1v) is 9.52. The molecule has 4 N–H and O–H groups in total. The number of hydrogen-bond acceptors (Lipinski definition) is 5. The number of anilines is 2. The molecule has 12 heteroatoms. The summed E-state index contributed by atoms with van der Waals surface area (Å²) in [5, 5.41) is 2.47. The number of ether oxygens (including phenoxy) is 1. The standard InChI is InChI=1S/C21H18F3N5O4/c1-2-29(20(32)17-16(18(25)30)26-10-27-17)12-5-3-11(4-6-12)28-19(31)14-8-7-13(9-15(14)22)33-21(23)24/h3-10,21H,2H2,1H3,(H2,25,30)(H,26,27)(H,28,31). The van der Waals surface area contributed by atoms with Gasteiger partial charge >= 0.3 is 6.61 Å². The van der Waals surface area contributed by atoms with E-state index in [1.807, 2.05) is 0 Å². The predicted molar refractivity (Wildman–Crippen MR) is 112 cm³/mol. The Balaban J connectivity index is 1.74. The number of imidazole rings is 1. The number of alkyl halides is 2. The molecule has 0 bridgehead atoms. The molecule has 2 aromatic carbocycles. The molecule has 9 nitrogen and oxygen atoms in total. The van der Waals surface area contributed by atoms with Crippen LogP contribution in [0.4, 0.5) is 24.5 Å². The van der Waals surface area contributed by atoms with Crippen LogP contribution < -0.4 is 20.7 Å². The fraction of sp³-hybridized carbons (Fsp3) is 0.143. The monoisotopic (exact) mass is 461 g/mol. The number of rotatable bonds is 8. The minimum atomic E-state index is -3.12. The van der Waals surface area contributed by atoms with Crippen molar-refractivity contribution in [2.24, 2.45) is 5.73 Å². The van der Waals surface area contributed by atoms with Gasteiger partial charge < -0.3 is 25.7 Å². The van der Waals surface area contributed by atoms with Gasteiger partial charge in [0.05, 0.1) is 11.9 Å². The topological polar surface area (TPSA) is 130 Å². The number of carbonyl (C=O) groups excluding carboxylic acids is 3. The molecule has 0 atom stereocenters. The maximum Gasteiger partial charge on any atom is 0.387 e. The van der Waals surface area contributed by atoms with Crippen molar-refractivity contribution in [3.63, 3.8) is 0 Å². The van der Waals surface area contributed by atoms with Crippen molar-refractivity contribution in [3.05, 3.63) is 71.6 Å². The first kappa shape index (κ1) is 23.3. The minimum Gasteiger partial charge on any atom is -0.435 e. The number of hydrogen-bond donors (Lipinski definition) is 3. The zero-order valence-corrected chi connectivity index (χ0v) is 17.1. The van der Waals surface area contributed by atoms with E-state index in [2.05, 4.69) is 20.0 Å². The zero-order chi connectivity index (χ0) is 24.1. The second-order valence-electron chi connectivity index (χ2n) is 6.56. The maximum absolute atomic E-state index is 14.1. The van der Waals surface area contributed by atoms with E-state index in [1.165, 1.54) is 35.5 Å². The van der Waals surface area contributed by atoms with Crippen LogP contribution in [0, 0.1) is 5.82 Å². The second-order valence-corrected chi connectivity index (χ2v) is 6.56. The van der Waals surface area contributed by atoms with Gasteiger partial charge in [0.15, 0.2) is 5.69 Å². The molecule has 3 amide bonds. The van der Waals surface area contributed by atoms with Crippen molar-refractivity contribution in [2.45, 2.75) is 13.5 Å². The number of nitrogens with zero attached hydrogens (tertiary/aromatic N) is 2. The van der Waals surface area contributed by atoms with Crippen LogP contribution in [0.25, 0.3) is 0 Å². The molecule has 0 radical (unpaired) electrons. The molecule has 3 rings (SSSR count). The van der Waals surface area contributed by atoms with Crippen LogP contribution >= 0.6 is 0 Å². The number of aromatic nitrogens is 2. The molecular formula is C21H18F3N5O4. The van der Waals surface area contributed by atoms with Crippen LogP contribution in [0.3, 0.4) is 0 Å². The Morgan fingerprint density at radius 2 is 1.88 bits per heavy atom. The van der Waals surface area contributed by atoms with Gasteiger partial charge in [0.2, 0.25) is 0 Å². The lowest BCUT2D eigenvalue weighted by Crippen LogP contribution is -2.32.